The van der Waals surface area contributed by atoms with Crippen LogP contribution in [0.5, 0.6) is 0 Å². The molecule has 1 unspecified atom stereocenters. The van der Waals surface area contributed by atoms with E-state index in [0.29, 0.717) is 5.92 Å². The second-order valence-electron chi connectivity index (χ2n) is 7.12. The van der Waals surface area contributed by atoms with E-state index >= 15 is 0 Å². The first-order chi connectivity index (χ1) is 11.2. The SMILES string of the molecule is CCCCCCCCC(CCC1COC1)C(C)(OCC)OCC. The van der Waals surface area contributed by atoms with E-state index in [1.807, 2.05) is 0 Å². The van der Waals surface area contributed by atoms with Crippen molar-refractivity contribution >= 4 is 0 Å². The fourth-order valence-electron chi connectivity index (χ4n) is 3.58. The summed E-state index contributed by atoms with van der Waals surface area (Å²) in [6.45, 7) is 11.9. The van der Waals surface area contributed by atoms with Crippen LogP contribution < -0.4 is 0 Å². The summed E-state index contributed by atoms with van der Waals surface area (Å²) in [4.78, 5) is 0. The van der Waals surface area contributed by atoms with Crippen molar-refractivity contribution in [1.29, 1.82) is 0 Å². The molecule has 0 saturated carbocycles. The normalized spacial score (nSPS) is 17.2. The highest BCUT2D eigenvalue weighted by molar-refractivity contribution is 4.78. The maximum absolute atomic E-state index is 6.06. The van der Waals surface area contributed by atoms with E-state index < -0.39 is 5.79 Å². The molecule has 0 spiro atoms. The van der Waals surface area contributed by atoms with Crippen LogP contribution >= 0.6 is 0 Å². The van der Waals surface area contributed by atoms with Crippen molar-refractivity contribution in [2.24, 2.45) is 11.8 Å². The Balaban J connectivity index is 2.44. The second-order valence-corrected chi connectivity index (χ2v) is 7.12. The van der Waals surface area contributed by atoms with Crippen molar-refractivity contribution in [2.75, 3.05) is 26.4 Å². The minimum absolute atomic E-state index is 0.419. The van der Waals surface area contributed by atoms with Gasteiger partial charge < -0.3 is 14.2 Å². The van der Waals surface area contributed by atoms with Gasteiger partial charge in [-0.15, -0.1) is 0 Å². The van der Waals surface area contributed by atoms with E-state index in [1.165, 1.54) is 57.8 Å². The average molecular weight is 329 g/mol. The van der Waals surface area contributed by atoms with Crippen molar-refractivity contribution in [3.63, 3.8) is 0 Å². The fraction of sp³-hybridized carbons (Fsp3) is 1.00. The van der Waals surface area contributed by atoms with Gasteiger partial charge in [0.2, 0.25) is 0 Å². The van der Waals surface area contributed by atoms with Crippen LogP contribution in [0.1, 0.15) is 85.5 Å². The number of unbranched alkanes of at least 4 members (excludes halogenated alkanes) is 5. The predicted molar refractivity (Wildman–Crippen MR) is 96.7 cm³/mol. The zero-order valence-electron chi connectivity index (χ0n) is 16.1. The third kappa shape index (κ3) is 8.00. The Hall–Kier alpha value is -0.120. The lowest BCUT2D eigenvalue weighted by Crippen LogP contribution is -2.42. The molecule has 0 aromatic rings. The molecule has 0 aliphatic carbocycles. The van der Waals surface area contributed by atoms with Crippen molar-refractivity contribution < 1.29 is 14.2 Å². The minimum Gasteiger partial charge on any atom is -0.381 e. The lowest BCUT2D eigenvalue weighted by Gasteiger charge is -2.38. The predicted octanol–water partition coefficient (Wildman–Crippen LogP) is 5.57. The van der Waals surface area contributed by atoms with Crippen LogP contribution in [0.15, 0.2) is 0 Å². The standard InChI is InChI=1S/C20H40O3/c1-5-8-9-10-11-12-13-19(15-14-18-16-21-17-18)20(4,22-6-2)23-7-3/h18-19H,5-17H2,1-4H3. The fourth-order valence-corrected chi connectivity index (χ4v) is 3.58. The van der Waals surface area contributed by atoms with Gasteiger partial charge in [0.1, 0.15) is 0 Å². The number of hydrogen-bond acceptors (Lipinski definition) is 3. The van der Waals surface area contributed by atoms with Crippen LogP contribution in [-0.4, -0.2) is 32.2 Å². The molecule has 138 valence electrons. The largest absolute Gasteiger partial charge is 0.381 e. The second kappa shape index (κ2) is 12.3. The molecule has 1 atom stereocenters. The van der Waals surface area contributed by atoms with Crippen molar-refractivity contribution in [3.05, 3.63) is 0 Å². The van der Waals surface area contributed by atoms with Crippen molar-refractivity contribution in [1.82, 2.24) is 0 Å². The molecule has 1 heterocycles. The maximum Gasteiger partial charge on any atom is 0.168 e. The Kier molecular flexibility index (Phi) is 11.2. The van der Waals surface area contributed by atoms with E-state index in [9.17, 15) is 0 Å². The van der Waals surface area contributed by atoms with Gasteiger partial charge in [0.05, 0.1) is 13.2 Å². The van der Waals surface area contributed by atoms with Crippen LogP contribution in [-0.2, 0) is 14.2 Å². The van der Waals surface area contributed by atoms with E-state index in [0.717, 1.165) is 32.3 Å². The lowest BCUT2D eigenvalue weighted by molar-refractivity contribution is -0.255. The van der Waals surface area contributed by atoms with Crippen molar-refractivity contribution in [2.45, 2.75) is 91.3 Å². The van der Waals surface area contributed by atoms with Crippen LogP contribution in [0, 0.1) is 11.8 Å². The molecule has 1 fully saturated rings. The van der Waals surface area contributed by atoms with Crippen molar-refractivity contribution in [3.8, 4) is 0 Å². The minimum atomic E-state index is -0.419. The summed E-state index contributed by atoms with van der Waals surface area (Å²) in [5.74, 6) is 0.834. The first kappa shape index (κ1) is 20.9. The van der Waals surface area contributed by atoms with Gasteiger partial charge >= 0.3 is 0 Å². The molecular formula is C20H40O3. The Morgan fingerprint density at radius 1 is 0.913 bits per heavy atom. The van der Waals surface area contributed by atoms with Gasteiger partial charge in [-0.1, -0.05) is 45.4 Å². The van der Waals surface area contributed by atoms with E-state index in [1.54, 1.807) is 0 Å². The van der Waals surface area contributed by atoms with E-state index in [-0.39, 0.29) is 0 Å². The highest BCUT2D eigenvalue weighted by atomic mass is 16.7. The van der Waals surface area contributed by atoms with Gasteiger partial charge in [-0.25, -0.2) is 0 Å². The van der Waals surface area contributed by atoms with Gasteiger partial charge in [0.25, 0.3) is 0 Å². The monoisotopic (exact) mass is 328 g/mol. The first-order valence-electron chi connectivity index (χ1n) is 10.0. The molecule has 23 heavy (non-hydrogen) atoms. The molecule has 1 aliphatic heterocycles. The summed E-state index contributed by atoms with van der Waals surface area (Å²) < 4.78 is 17.4. The number of rotatable bonds is 15. The maximum atomic E-state index is 6.06. The van der Waals surface area contributed by atoms with E-state index in [4.69, 9.17) is 14.2 Å². The molecule has 0 radical (unpaired) electrons. The zero-order valence-corrected chi connectivity index (χ0v) is 16.1. The molecule has 3 heteroatoms. The Labute approximate surface area is 144 Å². The molecule has 0 N–H and O–H groups in total. The number of hydrogen-bond donors (Lipinski definition) is 0. The van der Waals surface area contributed by atoms with Gasteiger partial charge in [-0.05, 0) is 40.0 Å². The Morgan fingerprint density at radius 3 is 2.04 bits per heavy atom. The summed E-state index contributed by atoms with van der Waals surface area (Å²) in [6, 6.07) is 0. The molecule has 0 bridgehead atoms. The highest BCUT2D eigenvalue weighted by Crippen LogP contribution is 2.34. The first-order valence-corrected chi connectivity index (χ1v) is 10.0. The van der Waals surface area contributed by atoms with Crippen LogP contribution in [0.4, 0.5) is 0 Å². The molecular weight excluding hydrogens is 288 g/mol. The summed E-state index contributed by atoms with van der Waals surface area (Å²) in [5, 5.41) is 0. The topological polar surface area (TPSA) is 27.7 Å². The number of ether oxygens (including phenoxy) is 3. The van der Waals surface area contributed by atoms with Gasteiger partial charge in [0, 0.05) is 25.0 Å². The van der Waals surface area contributed by atoms with Crippen LogP contribution in [0.3, 0.4) is 0 Å². The molecule has 1 aliphatic rings. The van der Waals surface area contributed by atoms with E-state index in [2.05, 4.69) is 27.7 Å². The van der Waals surface area contributed by atoms with Gasteiger partial charge in [-0.3, -0.25) is 0 Å². The summed E-state index contributed by atoms with van der Waals surface area (Å²) in [7, 11) is 0. The molecule has 0 aromatic carbocycles. The summed E-state index contributed by atoms with van der Waals surface area (Å²) >= 11 is 0. The van der Waals surface area contributed by atoms with Crippen LogP contribution in [0.2, 0.25) is 0 Å². The van der Waals surface area contributed by atoms with Gasteiger partial charge in [0.15, 0.2) is 5.79 Å². The molecule has 1 rings (SSSR count). The van der Waals surface area contributed by atoms with Gasteiger partial charge in [-0.2, -0.15) is 0 Å². The Bertz CT molecular complexity index is 270. The molecule has 3 nitrogen and oxygen atoms in total. The quantitative estimate of drug-likeness (QED) is 0.290. The zero-order chi connectivity index (χ0) is 17.0. The molecule has 0 aromatic heterocycles. The Morgan fingerprint density at radius 2 is 1.52 bits per heavy atom. The smallest absolute Gasteiger partial charge is 0.168 e. The molecule has 0 amide bonds. The average Bonchev–Trinajstić information content (AvgIpc) is 2.47. The highest BCUT2D eigenvalue weighted by Gasteiger charge is 2.36. The third-order valence-electron chi connectivity index (χ3n) is 5.14. The molecule has 1 saturated heterocycles. The summed E-state index contributed by atoms with van der Waals surface area (Å²) in [5.41, 5.74) is 0. The van der Waals surface area contributed by atoms with Crippen LogP contribution in [0.25, 0.3) is 0 Å². The lowest BCUT2D eigenvalue weighted by atomic mass is 9.85. The summed E-state index contributed by atoms with van der Waals surface area (Å²) in [6.07, 6.45) is 11.7. The third-order valence-corrected chi connectivity index (χ3v) is 5.14.